The molecule has 0 spiro atoms. The van der Waals surface area contributed by atoms with Crippen LogP contribution < -0.4 is 20.3 Å². The third-order valence-corrected chi connectivity index (χ3v) is 5.89. The molecule has 0 saturated carbocycles. The molecule has 7 nitrogen and oxygen atoms in total. The summed E-state index contributed by atoms with van der Waals surface area (Å²) < 4.78 is 12.3. The lowest BCUT2D eigenvalue weighted by Gasteiger charge is -2.10. The summed E-state index contributed by atoms with van der Waals surface area (Å²) in [6.07, 6.45) is 1.42. The Morgan fingerprint density at radius 3 is 2.61 bits per heavy atom. The highest BCUT2D eigenvalue weighted by Gasteiger charge is 2.14. The van der Waals surface area contributed by atoms with E-state index in [0.717, 1.165) is 22.4 Å². The fourth-order valence-electron chi connectivity index (χ4n) is 3.28. The SMILES string of the molecule is COc1ccc(-c2csc3c(=O)n(CC(=O)NCc4ccccc4OC)cnc23)cc1. The molecule has 31 heavy (non-hydrogen) atoms. The number of aromatic nitrogens is 2. The van der Waals surface area contributed by atoms with Crippen LogP contribution in [0.3, 0.4) is 0 Å². The molecule has 0 aliphatic carbocycles. The Kier molecular flexibility index (Phi) is 5.99. The van der Waals surface area contributed by atoms with Gasteiger partial charge in [-0.15, -0.1) is 11.3 Å². The first-order valence-electron chi connectivity index (χ1n) is 9.60. The predicted molar refractivity (Wildman–Crippen MR) is 121 cm³/mol. The monoisotopic (exact) mass is 435 g/mol. The van der Waals surface area contributed by atoms with Gasteiger partial charge in [0, 0.05) is 23.1 Å². The van der Waals surface area contributed by atoms with Crippen molar-refractivity contribution in [2.75, 3.05) is 14.2 Å². The fourth-order valence-corrected chi connectivity index (χ4v) is 4.26. The summed E-state index contributed by atoms with van der Waals surface area (Å²) in [5.41, 5.74) is 3.09. The van der Waals surface area contributed by atoms with E-state index in [0.29, 0.717) is 22.5 Å². The maximum Gasteiger partial charge on any atom is 0.271 e. The molecule has 4 aromatic rings. The minimum Gasteiger partial charge on any atom is -0.497 e. The Labute approximate surface area is 182 Å². The average molecular weight is 436 g/mol. The summed E-state index contributed by atoms with van der Waals surface area (Å²) >= 11 is 1.33. The predicted octanol–water partition coefficient (Wildman–Crippen LogP) is 3.46. The van der Waals surface area contributed by atoms with Crippen molar-refractivity contribution in [2.24, 2.45) is 0 Å². The van der Waals surface area contributed by atoms with Gasteiger partial charge in [-0.05, 0) is 23.8 Å². The number of ether oxygens (including phenoxy) is 2. The molecule has 8 heteroatoms. The van der Waals surface area contributed by atoms with Crippen LogP contribution in [-0.4, -0.2) is 29.7 Å². The number of thiophene rings is 1. The largest absolute Gasteiger partial charge is 0.497 e. The van der Waals surface area contributed by atoms with Gasteiger partial charge in [-0.25, -0.2) is 4.98 Å². The molecule has 158 valence electrons. The van der Waals surface area contributed by atoms with E-state index in [-0.39, 0.29) is 18.0 Å². The highest BCUT2D eigenvalue weighted by atomic mass is 32.1. The second-order valence-corrected chi connectivity index (χ2v) is 7.70. The van der Waals surface area contributed by atoms with Crippen molar-refractivity contribution in [3.63, 3.8) is 0 Å². The normalized spacial score (nSPS) is 10.8. The van der Waals surface area contributed by atoms with Crippen LogP contribution in [-0.2, 0) is 17.9 Å². The van der Waals surface area contributed by atoms with Crippen molar-refractivity contribution in [1.29, 1.82) is 0 Å². The molecule has 0 unspecified atom stereocenters. The van der Waals surface area contributed by atoms with Gasteiger partial charge in [0.05, 0.1) is 26.1 Å². The Hall–Kier alpha value is -3.65. The second-order valence-electron chi connectivity index (χ2n) is 6.82. The number of fused-ring (bicyclic) bond motifs is 1. The summed E-state index contributed by atoms with van der Waals surface area (Å²) in [5.74, 6) is 1.19. The number of amides is 1. The van der Waals surface area contributed by atoms with Crippen LogP contribution in [0.1, 0.15) is 5.56 Å². The van der Waals surface area contributed by atoms with Crippen LogP contribution in [0.5, 0.6) is 11.5 Å². The van der Waals surface area contributed by atoms with E-state index in [4.69, 9.17) is 9.47 Å². The first-order chi connectivity index (χ1) is 15.1. The van der Waals surface area contributed by atoms with E-state index in [1.54, 1.807) is 14.2 Å². The summed E-state index contributed by atoms with van der Waals surface area (Å²) in [7, 11) is 3.20. The molecule has 0 aliphatic rings. The molecule has 4 rings (SSSR count). The van der Waals surface area contributed by atoms with Gasteiger partial charge in [-0.3, -0.25) is 14.2 Å². The van der Waals surface area contributed by atoms with E-state index in [1.807, 2.05) is 53.9 Å². The number of hydrogen-bond donors (Lipinski definition) is 1. The first kappa shape index (κ1) is 20.6. The highest BCUT2D eigenvalue weighted by molar-refractivity contribution is 7.17. The molecule has 0 fully saturated rings. The Balaban J connectivity index is 1.51. The standard InChI is InChI=1S/C23H21N3O4S/c1-29-17-9-7-15(8-10-17)18-13-31-22-21(18)25-14-26(23(22)28)12-20(27)24-11-16-5-3-4-6-19(16)30-2/h3-10,13-14H,11-12H2,1-2H3,(H,24,27). The quantitative estimate of drug-likeness (QED) is 0.481. The van der Waals surface area contributed by atoms with Gasteiger partial charge < -0.3 is 14.8 Å². The summed E-state index contributed by atoms with van der Waals surface area (Å²) in [6.45, 7) is 0.209. The van der Waals surface area contributed by atoms with E-state index in [9.17, 15) is 9.59 Å². The molecule has 2 aromatic carbocycles. The van der Waals surface area contributed by atoms with Gasteiger partial charge >= 0.3 is 0 Å². The Bertz CT molecular complexity index is 1280. The van der Waals surface area contributed by atoms with E-state index < -0.39 is 0 Å². The molecule has 1 amide bonds. The van der Waals surface area contributed by atoms with Crippen molar-refractivity contribution in [3.8, 4) is 22.6 Å². The molecule has 0 aliphatic heterocycles. The number of para-hydroxylation sites is 1. The second kappa shape index (κ2) is 9.01. The molecule has 2 heterocycles. The van der Waals surface area contributed by atoms with E-state index in [1.165, 1.54) is 22.2 Å². The zero-order chi connectivity index (χ0) is 21.8. The van der Waals surface area contributed by atoms with Crippen molar-refractivity contribution in [2.45, 2.75) is 13.1 Å². The molecule has 0 radical (unpaired) electrons. The first-order valence-corrected chi connectivity index (χ1v) is 10.5. The number of rotatable bonds is 7. The maximum absolute atomic E-state index is 12.9. The van der Waals surface area contributed by atoms with Crippen LogP contribution in [0.15, 0.2) is 65.0 Å². The van der Waals surface area contributed by atoms with Crippen molar-refractivity contribution in [3.05, 3.63) is 76.2 Å². The van der Waals surface area contributed by atoms with Crippen LogP contribution in [0.4, 0.5) is 0 Å². The highest BCUT2D eigenvalue weighted by Crippen LogP contribution is 2.31. The van der Waals surface area contributed by atoms with Crippen LogP contribution in [0.25, 0.3) is 21.3 Å². The van der Waals surface area contributed by atoms with Gasteiger partial charge in [0.1, 0.15) is 22.7 Å². The average Bonchev–Trinajstić information content (AvgIpc) is 3.24. The molecular formula is C23H21N3O4S. The van der Waals surface area contributed by atoms with Crippen LogP contribution in [0.2, 0.25) is 0 Å². The van der Waals surface area contributed by atoms with Crippen molar-refractivity contribution < 1.29 is 14.3 Å². The molecule has 2 aromatic heterocycles. The molecule has 1 N–H and O–H groups in total. The summed E-state index contributed by atoms with van der Waals surface area (Å²) in [4.78, 5) is 29.8. The minimum absolute atomic E-state index is 0.104. The lowest BCUT2D eigenvalue weighted by molar-refractivity contribution is -0.121. The lowest BCUT2D eigenvalue weighted by atomic mass is 10.1. The maximum atomic E-state index is 12.9. The summed E-state index contributed by atoms with van der Waals surface area (Å²) in [5, 5.41) is 4.73. The van der Waals surface area contributed by atoms with Gasteiger partial charge in [-0.2, -0.15) is 0 Å². The number of methoxy groups -OCH3 is 2. The number of nitrogens with one attached hydrogen (secondary N) is 1. The molecule has 0 bridgehead atoms. The Morgan fingerprint density at radius 1 is 1.10 bits per heavy atom. The third-order valence-electron chi connectivity index (χ3n) is 4.93. The zero-order valence-corrected chi connectivity index (χ0v) is 17.9. The van der Waals surface area contributed by atoms with Crippen LogP contribution in [0, 0.1) is 0 Å². The zero-order valence-electron chi connectivity index (χ0n) is 17.1. The summed E-state index contributed by atoms with van der Waals surface area (Å²) in [6, 6.07) is 15.1. The molecule has 0 atom stereocenters. The van der Waals surface area contributed by atoms with Gasteiger partial charge in [-0.1, -0.05) is 30.3 Å². The fraction of sp³-hybridized carbons (Fsp3) is 0.174. The van der Waals surface area contributed by atoms with Gasteiger partial charge in [0.2, 0.25) is 5.91 Å². The Morgan fingerprint density at radius 2 is 1.87 bits per heavy atom. The van der Waals surface area contributed by atoms with Crippen molar-refractivity contribution in [1.82, 2.24) is 14.9 Å². The minimum atomic E-state index is -0.277. The van der Waals surface area contributed by atoms with Crippen molar-refractivity contribution >= 4 is 27.5 Å². The third kappa shape index (κ3) is 4.29. The lowest BCUT2D eigenvalue weighted by Crippen LogP contribution is -2.32. The van der Waals surface area contributed by atoms with E-state index in [2.05, 4.69) is 10.3 Å². The number of nitrogens with zero attached hydrogens (tertiary/aromatic N) is 2. The smallest absolute Gasteiger partial charge is 0.271 e. The number of benzene rings is 2. The molecule has 0 saturated heterocycles. The number of carbonyl (C=O) groups is 1. The topological polar surface area (TPSA) is 82.5 Å². The number of carbonyl (C=O) groups excluding carboxylic acids is 1. The molecular weight excluding hydrogens is 414 g/mol. The van der Waals surface area contributed by atoms with E-state index >= 15 is 0 Å². The van der Waals surface area contributed by atoms with Gasteiger partial charge in [0.15, 0.2) is 0 Å². The number of hydrogen-bond acceptors (Lipinski definition) is 6. The van der Waals surface area contributed by atoms with Gasteiger partial charge in [0.25, 0.3) is 5.56 Å². The van der Waals surface area contributed by atoms with Crippen LogP contribution >= 0.6 is 11.3 Å².